The fourth-order valence-corrected chi connectivity index (χ4v) is 7.13. The molecule has 5 amide bonds. The van der Waals surface area contributed by atoms with E-state index in [0.29, 0.717) is 17.9 Å². The van der Waals surface area contributed by atoms with Crippen LogP contribution in [0.5, 0.6) is 5.75 Å². The smallest absolute Gasteiger partial charge is 0.408 e. The Morgan fingerprint density at radius 2 is 1.46 bits per heavy atom. The van der Waals surface area contributed by atoms with Crippen molar-refractivity contribution in [1.29, 1.82) is 0 Å². The van der Waals surface area contributed by atoms with Crippen molar-refractivity contribution in [2.24, 2.45) is 11.7 Å². The number of anilines is 1. The van der Waals surface area contributed by atoms with Gasteiger partial charge >= 0.3 is 12.1 Å². The molecule has 4 rings (SSSR count). The molecule has 50 heavy (non-hydrogen) atoms. The van der Waals surface area contributed by atoms with Gasteiger partial charge in [-0.1, -0.05) is 83.1 Å². The van der Waals surface area contributed by atoms with Gasteiger partial charge in [0.2, 0.25) is 20.1 Å². The van der Waals surface area contributed by atoms with Crippen LogP contribution in [0.1, 0.15) is 64.5 Å². The summed E-state index contributed by atoms with van der Waals surface area (Å²) in [6.07, 6.45) is -0.718. The number of nitrogens with one attached hydrogen (secondary N) is 3. The Morgan fingerprint density at radius 1 is 0.900 bits per heavy atom. The summed E-state index contributed by atoms with van der Waals surface area (Å²) in [6.45, 7) is 14.6. The predicted molar refractivity (Wildman–Crippen MR) is 199 cm³/mol. The molecule has 1 aliphatic rings. The van der Waals surface area contributed by atoms with Crippen molar-refractivity contribution in [1.82, 2.24) is 15.5 Å². The Kier molecular flexibility index (Phi) is 12.0. The van der Waals surface area contributed by atoms with E-state index in [2.05, 4.69) is 49.8 Å². The van der Waals surface area contributed by atoms with E-state index in [4.69, 9.17) is 10.2 Å². The molecule has 11 nitrogen and oxygen atoms in total. The first-order valence-corrected chi connectivity index (χ1v) is 20.0. The van der Waals surface area contributed by atoms with Gasteiger partial charge in [0.25, 0.3) is 0 Å². The Morgan fingerprint density at radius 3 is 1.96 bits per heavy atom. The van der Waals surface area contributed by atoms with Gasteiger partial charge in [-0.2, -0.15) is 0 Å². The molecular weight excluding hydrogens is 651 g/mol. The van der Waals surface area contributed by atoms with Gasteiger partial charge in [-0.3, -0.25) is 14.5 Å². The van der Waals surface area contributed by atoms with Crippen molar-refractivity contribution in [3.63, 3.8) is 0 Å². The number of nitrogens with two attached hydrogens (primary N) is 1. The minimum Gasteiger partial charge on any atom is -0.544 e. The molecule has 0 saturated carbocycles. The van der Waals surface area contributed by atoms with Crippen molar-refractivity contribution in [2.75, 3.05) is 18.4 Å². The quantitative estimate of drug-likeness (QED) is 0.0921. The van der Waals surface area contributed by atoms with Crippen molar-refractivity contribution in [2.45, 2.75) is 83.6 Å². The Bertz CT molecular complexity index is 1640. The first-order valence-electron chi connectivity index (χ1n) is 17.1. The van der Waals surface area contributed by atoms with Crippen LogP contribution < -0.4 is 26.1 Å². The number of amides is 5. The van der Waals surface area contributed by atoms with Gasteiger partial charge in [-0.25, -0.2) is 9.59 Å². The van der Waals surface area contributed by atoms with Crippen LogP contribution in [-0.4, -0.2) is 67.4 Å². The largest absolute Gasteiger partial charge is 0.544 e. The minimum absolute atomic E-state index is 0.0187. The molecule has 0 aromatic heterocycles. The monoisotopic (exact) mass is 701 g/mol. The van der Waals surface area contributed by atoms with Gasteiger partial charge in [0.1, 0.15) is 17.8 Å². The molecular formula is C38H51N5O6Si. The number of fused-ring (bicyclic) bond motifs is 3. The summed E-state index contributed by atoms with van der Waals surface area (Å²) in [5, 5.41) is 18.8. The van der Waals surface area contributed by atoms with Crippen LogP contribution in [0, 0.1) is 5.92 Å². The number of urea groups is 1. The maximum absolute atomic E-state index is 14.1. The average molecular weight is 702 g/mol. The minimum atomic E-state index is -2.06. The number of hydrogen-bond donors (Lipinski definition) is 5. The van der Waals surface area contributed by atoms with Crippen LogP contribution in [-0.2, 0) is 9.59 Å². The van der Waals surface area contributed by atoms with Crippen LogP contribution >= 0.6 is 0 Å². The molecule has 6 N–H and O–H groups in total. The third kappa shape index (κ3) is 9.03. The molecule has 0 aliphatic heterocycles. The highest BCUT2D eigenvalue weighted by molar-refractivity contribution is 6.74. The van der Waals surface area contributed by atoms with Crippen LogP contribution in [0.15, 0.2) is 72.8 Å². The number of hydrogen-bond acceptors (Lipinski definition) is 5. The molecule has 2 atom stereocenters. The zero-order valence-corrected chi connectivity index (χ0v) is 31.1. The number of rotatable bonds is 14. The van der Waals surface area contributed by atoms with Crippen molar-refractivity contribution >= 4 is 37.9 Å². The van der Waals surface area contributed by atoms with E-state index in [1.165, 1.54) is 4.90 Å². The van der Waals surface area contributed by atoms with E-state index in [-0.39, 0.29) is 30.5 Å². The molecule has 1 aliphatic carbocycles. The second kappa shape index (κ2) is 15.8. The first kappa shape index (κ1) is 38.0. The highest BCUT2D eigenvalue weighted by atomic mass is 28.4. The van der Waals surface area contributed by atoms with Gasteiger partial charge in [-0.15, -0.1) is 0 Å². The fraction of sp³-hybridized carbons (Fsp3) is 0.421. The molecule has 268 valence electrons. The SMILES string of the molecule is CC(C)C(C(=O)NC(CCCNC(N)=O)C(=O)Nc1ccc(O[Si](C)(C)C(C)(C)C)cc1)N(CC1c2ccccc2-c2ccccc21)C(=O)O. The lowest BCUT2D eigenvalue weighted by Crippen LogP contribution is -2.56. The summed E-state index contributed by atoms with van der Waals surface area (Å²) in [5.74, 6) is -1.03. The van der Waals surface area contributed by atoms with Gasteiger partial charge in [-0.05, 0) is 83.4 Å². The topological polar surface area (TPSA) is 163 Å². The molecule has 0 spiro atoms. The standard InChI is InChI=1S/C38H51N5O6Si/c1-24(2)33(43(37(47)48)23-31-29-15-10-8-13-27(29)28-14-9-11-16-30(28)31)35(45)42-32(17-12-22-40-36(39)46)34(44)41-25-18-20-26(21-19-25)49-50(6,7)38(3,4)5/h8-11,13-16,18-21,24,31-33H,12,17,22-23H2,1-7H3,(H,41,44)(H,42,45)(H,47,48)(H3,39,40,46). The summed E-state index contributed by atoms with van der Waals surface area (Å²) < 4.78 is 6.36. The molecule has 12 heteroatoms. The van der Waals surface area contributed by atoms with E-state index >= 15 is 0 Å². The highest BCUT2D eigenvalue weighted by Crippen LogP contribution is 2.45. The molecule has 0 bridgehead atoms. The number of carbonyl (C=O) groups is 4. The second-order valence-electron chi connectivity index (χ2n) is 14.7. The number of benzene rings is 3. The maximum atomic E-state index is 14.1. The Labute approximate surface area is 296 Å². The Balaban J connectivity index is 1.54. The lowest BCUT2D eigenvalue weighted by atomic mass is 9.93. The molecule has 0 fully saturated rings. The van der Waals surface area contributed by atoms with Crippen molar-refractivity contribution < 1.29 is 28.7 Å². The molecule has 0 radical (unpaired) electrons. The second-order valence-corrected chi connectivity index (χ2v) is 19.4. The van der Waals surface area contributed by atoms with Gasteiger partial charge in [0.15, 0.2) is 0 Å². The summed E-state index contributed by atoms with van der Waals surface area (Å²) in [7, 11) is -2.06. The maximum Gasteiger partial charge on any atom is 0.408 e. The first-order chi connectivity index (χ1) is 23.5. The number of carboxylic acid groups (broad SMARTS) is 1. The van der Waals surface area contributed by atoms with Gasteiger partial charge in [0, 0.05) is 24.7 Å². The number of nitrogens with zero attached hydrogens (tertiary/aromatic N) is 1. The van der Waals surface area contributed by atoms with Crippen LogP contribution in [0.4, 0.5) is 15.3 Å². The van der Waals surface area contributed by atoms with E-state index in [1.54, 1.807) is 38.1 Å². The molecule has 0 heterocycles. The van der Waals surface area contributed by atoms with E-state index in [0.717, 1.165) is 22.3 Å². The Hall–Kier alpha value is -4.84. The third-order valence-electron chi connectivity index (χ3n) is 9.73. The zero-order valence-electron chi connectivity index (χ0n) is 30.1. The molecule has 2 unspecified atom stereocenters. The predicted octanol–water partition coefficient (Wildman–Crippen LogP) is 6.76. The van der Waals surface area contributed by atoms with Crippen LogP contribution in [0.2, 0.25) is 18.1 Å². The van der Waals surface area contributed by atoms with Gasteiger partial charge < -0.3 is 31.2 Å². The zero-order chi connectivity index (χ0) is 36.8. The lowest BCUT2D eigenvalue weighted by Gasteiger charge is -2.36. The number of primary amides is 1. The van der Waals surface area contributed by atoms with E-state index in [1.807, 2.05) is 48.5 Å². The summed E-state index contributed by atoms with van der Waals surface area (Å²) in [6, 6.07) is 20.1. The number of carbonyl (C=O) groups excluding carboxylic acids is 3. The fourth-order valence-electron chi connectivity index (χ4n) is 6.10. The van der Waals surface area contributed by atoms with Crippen molar-refractivity contribution in [3.8, 4) is 16.9 Å². The van der Waals surface area contributed by atoms with E-state index in [9.17, 15) is 24.3 Å². The highest BCUT2D eigenvalue weighted by Gasteiger charge is 2.40. The van der Waals surface area contributed by atoms with Crippen LogP contribution in [0.3, 0.4) is 0 Å². The molecule has 3 aromatic carbocycles. The normalized spacial score (nSPS) is 13.8. The summed E-state index contributed by atoms with van der Waals surface area (Å²) in [4.78, 5) is 53.1. The van der Waals surface area contributed by atoms with Crippen LogP contribution in [0.25, 0.3) is 11.1 Å². The average Bonchev–Trinajstić information content (AvgIpc) is 3.35. The lowest BCUT2D eigenvalue weighted by molar-refractivity contribution is -0.131. The van der Waals surface area contributed by atoms with E-state index < -0.39 is 50.3 Å². The van der Waals surface area contributed by atoms with Gasteiger partial charge in [0.05, 0.1) is 0 Å². The summed E-state index contributed by atoms with van der Waals surface area (Å²) >= 11 is 0. The van der Waals surface area contributed by atoms with Crippen molar-refractivity contribution in [3.05, 3.63) is 83.9 Å². The third-order valence-corrected chi connectivity index (χ3v) is 14.1. The summed E-state index contributed by atoms with van der Waals surface area (Å²) in [5.41, 5.74) is 9.83. The molecule has 3 aromatic rings. The molecule has 0 saturated heterocycles.